The number of para-hydroxylation sites is 1. The first-order chi connectivity index (χ1) is 17.0. The quantitative estimate of drug-likeness (QED) is 0.267. The van der Waals surface area contributed by atoms with Crippen LogP contribution in [-0.2, 0) is 16.6 Å². The summed E-state index contributed by atoms with van der Waals surface area (Å²) in [5.41, 5.74) is 4.44. The number of piperidine rings is 1. The summed E-state index contributed by atoms with van der Waals surface area (Å²) in [5, 5.41) is 3.38. The number of aryl methyl sites for hydroxylation is 1. The number of nitrogens with zero attached hydrogens (tertiary/aromatic N) is 3. The van der Waals surface area contributed by atoms with Crippen LogP contribution in [-0.4, -0.2) is 35.4 Å². The summed E-state index contributed by atoms with van der Waals surface area (Å²) in [4.78, 5) is 5.08. The lowest BCUT2D eigenvalue weighted by Crippen LogP contribution is -2.35. The molecule has 0 amide bonds. The molecule has 0 atom stereocenters. The Morgan fingerprint density at radius 1 is 0.914 bits per heavy atom. The van der Waals surface area contributed by atoms with Gasteiger partial charge in [0, 0.05) is 41.4 Å². The average molecular weight is 502 g/mol. The molecule has 5 aromatic rings. The minimum atomic E-state index is -3.45. The molecule has 0 spiro atoms. The van der Waals surface area contributed by atoms with Crippen molar-refractivity contribution in [2.45, 2.75) is 37.6 Å². The number of thiazole rings is 1. The van der Waals surface area contributed by atoms with E-state index >= 15 is 0 Å². The maximum atomic E-state index is 13.1. The molecule has 5 nitrogen and oxygen atoms in total. The molecule has 0 radical (unpaired) electrons. The van der Waals surface area contributed by atoms with E-state index in [1.807, 2.05) is 12.1 Å². The third kappa shape index (κ3) is 3.97. The second-order valence-corrected chi connectivity index (χ2v) is 12.0. The Kier molecular flexibility index (Phi) is 5.71. The van der Waals surface area contributed by atoms with Crippen LogP contribution in [0, 0.1) is 0 Å². The number of rotatable bonds is 5. The molecule has 1 aliphatic heterocycles. The summed E-state index contributed by atoms with van der Waals surface area (Å²) in [6.07, 6.45) is 7.07. The monoisotopic (exact) mass is 501 g/mol. The van der Waals surface area contributed by atoms with Crippen LogP contribution in [0.2, 0.25) is 0 Å². The number of benzene rings is 3. The highest BCUT2D eigenvalue weighted by molar-refractivity contribution is 7.89. The molecule has 35 heavy (non-hydrogen) atoms. The summed E-state index contributed by atoms with van der Waals surface area (Å²) in [6, 6.07) is 20.4. The van der Waals surface area contributed by atoms with Crippen LogP contribution in [0.25, 0.3) is 44.2 Å². The van der Waals surface area contributed by atoms with Gasteiger partial charge >= 0.3 is 0 Å². The molecule has 0 bridgehead atoms. The van der Waals surface area contributed by atoms with Crippen LogP contribution in [0.3, 0.4) is 0 Å². The van der Waals surface area contributed by atoms with Crippen molar-refractivity contribution in [3.05, 3.63) is 71.2 Å². The predicted octanol–water partition coefficient (Wildman–Crippen LogP) is 6.77. The topological polar surface area (TPSA) is 55.2 Å². The van der Waals surface area contributed by atoms with Gasteiger partial charge in [0.05, 0.1) is 15.1 Å². The Morgan fingerprint density at radius 2 is 1.71 bits per heavy atom. The van der Waals surface area contributed by atoms with Crippen LogP contribution in [0.5, 0.6) is 0 Å². The van der Waals surface area contributed by atoms with Crippen LogP contribution in [0.4, 0.5) is 0 Å². The van der Waals surface area contributed by atoms with Gasteiger partial charge in [0.15, 0.2) is 0 Å². The van der Waals surface area contributed by atoms with E-state index in [1.165, 1.54) is 33.1 Å². The van der Waals surface area contributed by atoms with Gasteiger partial charge in [0.1, 0.15) is 5.01 Å². The first-order valence-corrected chi connectivity index (χ1v) is 14.4. The van der Waals surface area contributed by atoms with Crippen LogP contribution in [0.15, 0.2) is 65.6 Å². The summed E-state index contributed by atoms with van der Waals surface area (Å²) in [7, 11) is -3.45. The Labute approximate surface area is 209 Å². The minimum Gasteiger partial charge on any atom is -0.341 e. The number of aromatic nitrogens is 2. The molecule has 2 aromatic heterocycles. The van der Waals surface area contributed by atoms with Gasteiger partial charge in [0.25, 0.3) is 0 Å². The molecule has 7 heteroatoms. The van der Waals surface area contributed by atoms with Gasteiger partial charge in [-0.1, -0.05) is 36.8 Å². The van der Waals surface area contributed by atoms with Gasteiger partial charge in [-0.05, 0) is 67.8 Å². The van der Waals surface area contributed by atoms with Gasteiger partial charge in [-0.2, -0.15) is 4.31 Å². The van der Waals surface area contributed by atoms with Crippen molar-refractivity contribution in [3.8, 4) is 0 Å². The van der Waals surface area contributed by atoms with Crippen LogP contribution >= 0.6 is 11.3 Å². The van der Waals surface area contributed by atoms with Crippen molar-refractivity contribution in [2.24, 2.45) is 0 Å². The average Bonchev–Trinajstić information content (AvgIpc) is 3.45. The third-order valence-electron chi connectivity index (χ3n) is 6.86. The normalized spacial score (nSPS) is 15.7. The Balaban J connectivity index is 1.32. The standard InChI is InChI=1S/C28H27N3O2S2/c1-2-31-25-9-5-4-8-22(25)23-18-20(10-14-26(23)31)11-15-28-29-24-13-12-21(19-27(24)34-28)35(32,33)30-16-6-3-7-17-30/h4-5,8-15,18-19H,2-3,6-7,16-17H2,1H3/b15-11+. The zero-order valence-corrected chi connectivity index (χ0v) is 21.3. The molecule has 1 aliphatic rings. The maximum absolute atomic E-state index is 13.1. The SMILES string of the molecule is CCn1c2ccccc2c2cc(/C=C/c3nc4ccc(S(=O)(=O)N5CCCCC5)cc4s3)ccc21. The first-order valence-electron chi connectivity index (χ1n) is 12.1. The minimum absolute atomic E-state index is 0.365. The highest BCUT2D eigenvalue weighted by Gasteiger charge is 2.26. The van der Waals surface area contributed by atoms with Gasteiger partial charge in [-0.25, -0.2) is 13.4 Å². The lowest BCUT2D eigenvalue weighted by Gasteiger charge is -2.25. The summed E-state index contributed by atoms with van der Waals surface area (Å²) in [6.45, 7) is 4.33. The summed E-state index contributed by atoms with van der Waals surface area (Å²) in [5.74, 6) is 0. The Bertz CT molecular complexity index is 1690. The molecule has 0 aliphatic carbocycles. The molecule has 1 saturated heterocycles. The van der Waals surface area contributed by atoms with E-state index < -0.39 is 10.0 Å². The second-order valence-electron chi connectivity index (χ2n) is 9.02. The molecule has 0 saturated carbocycles. The molecular formula is C28H27N3O2S2. The van der Waals surface area contributed by atoms with E-state index in [2.05, 4.69) is 60.0 Å². The summed E-state index contributed by atoms with van der Waals surface area (Å²) < 4.78 is 31.0. The van der Waals surface area contributed by atoms with Crippen molar-refractivity contribution >= 4 is 65.5 Å². The van der Waals surface area contributed by atoms with E-state index in [-0.39, 0.29) is 0 Å². The number of fused-ring (bicyclic) bond motifs is 4. The second kappa shape index (κ2) is 8.90. The summed E-state index contributed by atoms with van der Waals surface area (Å²) >= 11 is 1.52. The van der Waals surface area contributed by atoms with E-state index in [0.29, 0.717) is 18.0 Å². The highest BCUT2D eigenvalue weighted by atomic mass is 32.2. The smallest absolute Gasteiger partial charge is 0.243 e. The largest absolute Gasteiger partial charge is 0.341 e. The fraction of sp³-hybridized carbons (Fsp3) is 0.250. The van der Waals surface area contributed by atoms with E-state index in [4.69, 9.17) is 4.98 Å². The van der Waals surface area contributed by atoms with Crippen molar-refractivity contribution in [2.75, 3.05) is 13.1 Å². The molecule has 3 heterocycles. The lowest BCUT2D eigenvalue weighted by molar-refractivity contribution is 0.346. The van der Waals surface area contributed by atoms with Crippen molar-refractivity contribution in [3.63, 3.8) is 0 Å². The number of hydrogen-bond acceptors (Lipinski definition) is 4. The molecule has 0 unspecified atom stereocenters. The van der Waals surface area contributed by atoms with Crippen LogP contribution in [0.1, 0.15) is 36.8 Å². The van der Waals surface area contributed by atoms with Crippen molar-refractivity contribution in [1.82, 2.24) is 13.9 Å². The molecule has 3 aromatic carbocycles. The fourth-order valence-electron chi connectivity index (χ4n) is 5.09. The van der Waals surface area contributed by atoms with Crippen LogP contribution < -0.4 is 0 Å². The third-order valence-corrected chi connectivity index (χ3v) is 9.74. The van der Waals surface area contributed by atoms with Gasteiger partial charge in [-0.3, -0.25) is 0 Å². The molecular weight excluding hydrogens is 474 g/mol. The lowest BCUT2D eigenvalue weighted by atomic mass is 10.1. The Morgan fingerprint density at radius 3 is 2.54 bits per heavy atom. The van der Waals surface area contributed by atoms with Gasteiger partial charge < -0.3 is 4.57 Å². The van der Waals surface area contributed by atoms with Gasteiger partial charge in [-0.15, -0.1) is 11.3 Å². The molecule has 6 rings (SSSR count). The highest BCUT2D eigenvalue weighted by Crippen LogP contribution is 2.31. The predicted molar refractivity (Wildman–Crippen MR) is 146 cm³/mol. The van der Waals surface area contributed by atoms with E-state index in [1.54, 1.807) is 16.4 Å². The van der Waals surface area contributed by atoms with Crippen molar-refractivity contribution in [1.29, 1.82) is 0 Å². The molecule has 1 fully saturated rings. The van der Waals surface area contributed by atoms with E-state index in [0.717, 1.165) is 46.6 Å². The molecule has 0 N–H and O–H groups in total. The Hall–Kier alpha value is -3.00. The zero-order chi connectivity index (χ0) is 24.0. The zero-order valence-electron chi connectivity index (χ0n) is 19.6. The molecule has 178 valence electrons. The maximum Gasteiger partial charge on any atom is 0.243 e. The van der Waals surface area contributed by atoms with Gasteiger partial charge in [0.2, 0.25) is 10.0 Å². The number of sulfonamides is 1. The van der Waals surface area contributed by atoms with E-state index in [9.17, 15) is 8.42 Å². The first kappa shape index (κ1) is 22.5. The van der Waals surface area contributed by atoms with Crippen molar-refractivity contribution < 1.29 is 8.42 Å². The fourth-order valence-corrected chi connectivity index (χ4v) is 7.62. The number of hydrogen-bond donors (Lipinski definition) is 0.